The number of rotatable bonds is 8. The van der Waals surface area contributed by atoms with E-state index in [2.05, 4.69) is 5.32 Å². The molecular formula is C20H22ClNO5. The molecule has 2 aromatic rings. The van der Waals surface area contributed by atoms with Crippen molar-refractivity contribution < 1.29 is 23.8 Å². The van der Waals surface area contributed by atoms with E-state index in [1.54, 1.807) is 42.5 Å². The number of hydrogen-bond donors (Lipinski definition) is 1. The third kappa shape index (κ3) is 6.18. The Kier molecular flexibility index (Phi) is 7.49. The predicted molar refractivity (Wildman–Crippen MR) is 104 cm³/mol. The third-order valence-electron chi connectivity index (χ3n) is 3.79. The molecule has 2 rings (SSSR count). The van der Waals surface area contributed by atoms with Gasteiger partial charge in [0.2, 0.25) is 0 Å². The van der Waals surface area contributed by atoms with Crippen LogP contribution in [0, 0.1) is 0 Å². The topological polar surface area (TPSA) is 73.9 Å². The molecule has 0 fully saturated rings. The van der Waals surface area contributed by atoms with Crippen molar-refractivity contribution in [3.8, 4) is 11.5 Å². The molecule has 0 spiro atoms. The Balaban J connectivity index is 1.91. The van der Waals surface area contributed by atoms with E-state index in [4.69, 9.17) is 25.8 Å². The van der Waals surface area contributed by atoms with Gasteiger partial charge in [0, 0.05) is 11.3 Å². The van der Waals surface area contributed by atoms with Crippen LogP contribution in [0.25, 0.3) is 0 Å². The molecule has 0 saturated heterocycles. The molecule has 0 saturated carbocycles. The van der Waals surface area contributed by atoms with E-state index >= 15 is 0 Å². The number of halogens is 1. The van der Waals surface area contributed by atoms with Gasteiger partial charge in [-0.3, -0.25) is 4.79 Å². The van der Waals surface area contributed by atoms with E-state index < -0.39 is 5.97 Å². The van der Waals surface area contributed by atoms with Gasteiger partial charge in [-0.1, -0.05) is 18.5 Å². The first-order valence-corrected chi connectivity index (χ1v) is 8.88. The summed E-state index contributed by atoms with van der Waals surface area (Å²) in [6.45, 7) is 3.57. The summed E-state index contributed by atoms with van der Waals surface area (Å²) in [5.74, 6) is 0.282. The Morgan fingerprint density at radius 2 is 1.85 bits per heavy atom. The van der Waals surface area contributed by atoms with Crippen LogP contribution in [0.1, 0.15) is 30.6 Å². The standard InChI is InChI=1S/C20H22ClNO5/c1-4-13(2)27-19(23)12-26-16-8-5-14(6-9-16)20(24)22-15-7-10-18(25-3)17(21)11-15/h5-11,13H,4,12H2,1-3H3,(H,22,24)/t13-/m1/s1. The first-order chi connectivity index (χ1) is 12.9. The number of amides is 1. The molecule has 1 N–H and O–H groups in total. The van der Waals surface area contributed by atoms with Crippen LogP contribution in [0.2, 0.25) is 5.02 Å². The molecule has 0 aliphatic carbocycles. The zero-order chi connectivity index (χ0) is 19.8. The van der Waals surface area contributed by atoms with Gasteiger partial charge in [-0.15, -0.1) is 0 Å². The number of methoxy groups -OCH3 is 1. The Labute approximate surface area is 163 Å². The summed E-state index contributed by atoms with van der Waals surface area (Å²) in [4.78, 5) is 23.9. The van der Waals surface area contributed by atoms with Crippen molar-refractivity contribution >= 4 is 29.2 Å². The smallest absolute Gasteiger partial charge is 0.344 e. The average Bonchev–Trinajstić information content (AvgIpc) is 2.66. The first-order valence-electron chi connectivity index (χ1n) is 8.50. The third-order valence-corrected chi connectivity index (χ3v) is 4.09. The molecule has 1 atom stereocenters. The van der Waals surface area contributed by atoms with Gasteiger partial charge in [0.15, 0.2) is 6.61 Å². The maximum absolute atomic E-state index is 12.3. The SMILES string of the molecule is CC[C@@H](C)OC(=O)COc1ccc(C(=O)Nc2ccc(OC)c(Cl)c2)cc1. The number of carbonyl (C=O) groups excluding carboxylic acids is 2. The monoisotopic (exact) mass is 391 g/mol. The highest BCUT2D eigenvalue weighted by molar-refractivity contribution is 6.32. The fraction of sp³-hybridized carbons (Fsp3) is 0.300. The maximum Gasteiger partial charge on any atom is 0.344 e. The van der Waals surface area contributed by atoms with Crippen molar-refractivity contribution in [2.75, 3.05) is 19.0 Å². The second-order valence-corrected chi connectivity index (χ2v) is 6.23. The lowest BCUT2D eigenvalue weighted by atomic mass is 10.2. The van der Waals surface area contributed by atoms with E-state index in [9.17, 15) is 9.59 Å². The van der Waals surface area contributed by atoms with Gasteiger partial charge in [0.25, 0.3) is 5.91 Å². The minimum Gasteiger partial charge on any atom is -0.495 e. The number of esters is 1. The second kappa shape index (κ2) is 9.83. The Hall–Kier alpha value is -2.73. The van der Waals surface area contributed by atoms with Crippen LogP contribution in [0.4, 0.5) is 5.69 Å². The van der Waals surface area contributed by atoms with Crippen molar-refractivity contribution in [3.63, 3.8) is 0 Å². The number of anilines is 1. The fourth-order valence-corrected chi connectivity index (χ4v) is 2.39. The number of carbonyl (C=O) groups is 2. The summed E-state index contributed by atoms with van der Waals surface area (Å²) in [7, 11) is 1.52. The molecule has 0 bridgehead atoms. The molecule has 0 unspecified atom stereocenters. The molecule has 0 aliphatic rings. The normalized spacial score (nSPS) is 11.4. The number of hydrogen-bond acceptors (Lipinski definition) is 5. The molecule has 27 heavy (non-hydrogen) atoms. The molecule has 0 aromatic heterocycles. The average molecular weight is 392 g/mol. The summed E-state index contributed by atoms with van der Waals surface area (Å²) in [6.07, 6.45) is 0.605. The summed E-state index contributed by atoms with van der Waals surface area (Å²) < 4.78 is 15.6. The fourth-order valence-electron chi connectivity index (χ4n) is 2.13. The van der Waals surface area contributed by atoms with Gasteiger partial charge >= 0.3 is 5.97 Å². The lowest BCUT2D eigenvalue weighted by Crippen LogP contribution is -2.20. The number of nitrogens with one attached hydrogen (secondary N) is 1. The second-order valence-electron chi connectivity index (χ2n) is 5.83. The predicted octanol–water partition coefficient (Wildman–Crippen LogP) is 4.32. The van der Waals surface area contributed by atoms with Crippen LogP contribution in [-0.4, -0.2) is 31.7 Å². The Morgan fingerprint density at radius 3 is 2.44 bits per heavy atom. The van der Waals surface area contributed by atoms with E-state index in [-0.39, 0.29) is 18.6 Å². The summed E-state index contributed by atoms with van der Waals surface area (Å²) in [5.41, 5.74) is 0.996. The highest BCUT2D eigenvalue weighted by Crippen LogP contribution is 2.27. The number of benzene rings is 2. The minimum absolute atomic E-state index is 0.140. The summed E-state index contributed by atoms with van der Waals surface area (Å²) in [5, 5.41) is 3.16. The molecule has 1 amide bonds. The van der Waals surface area contributed by atoms with E-state index in [0.29, 0.717) is 27.8 Å². The quantitative estimate of drug-likeness (QED) is 0.678. The number of ether oxygens (including phenoxy) is 3. The first kappa shape index (κ1) is 20.6. The Morgan fingerprint density at radius 1 is 1.15 bits per heavy atom. The van der Waals surface area contributed by atoms with E-state index in [0.717, 1.165) is 6.42 Å². The largest absolute Gasteiger partial charge is 0.495 e. The molecule has 2 aromatic carbocycles. The van der Waals surface area contributed by atoms with Crippen LogP contribution in [0.15, 0.2) is 42.5 Å². The zero-order valence-electron chi connectivity index (χ0n) is 15.5. The van der Waals surface area contributed by atoms with Crippen molar-refractivity contribution in [2.24, 2.45) is 0 Å². The van der Waals surface area contributed by atoms with Gasteiger partial charge < -0.3 is 19.5 Å². The van der Waals surface area contributed by atoms with Gasteiger partial charge in [0.1, 0.15) is 11.5 Å². The van der Waals surface area contributed by atoms with Crippen LogP contribution in [0.3, 0.4) is 0 Å². The van der Waals surface area contributed by atoms with Crippen molar-refractivity contribution in [2.45, 2.75) is 26.4 Å². The van der Waals surface area contributed by atoms with Gasteiger partial charge in [0.05, 0.1) is 18.2 Å². The van der Waals surface area contributed by atoms with Crippen molar-refractivity contribution in [1.29, 1.82) is 0 Å². The van der Waals surface area contributed by atoms with Crippen LogP contribution in [0.5, 0.6) is 11.5 Å². The lowest BCUT2D eigenvalue weighted by Gasteiger charge is -2.12. The molecular weight excluding hydrogens is 370 g/mol. The van der Waals surface area contributed by atoms with Gasteiger partial charge in [-0.2, -0.15) is 0 Å². The Bertz CT molecular complexity index is 791. The zero-order valence-corrected chi connectivity index (χ0v) is 16.2. The molecule has 0 aliphatic heterocycles. The van der Waals surface area contributed by atoms with Crippen LogP contribution >= 0.6 is 11.6 Å². The molecule has 0 radical (unpaired) electrons. The van der Waals surface area contributed by atoms with E-state index in [1.807, 2.05) is 13.8 Å². The van der Waals surface area contributed by atoms with E-state index in [1.165, 1.54) is 7.11 Å². The van der Waals surface area contributed by atoms with Gasteiger partial charge in [-0.25, -0.2) is 4.79 Å². The van der Waals surface area contributed by atoms with Crippen LogP contribution in [-0.2, 0) is 9.53 Å². The summed E-state index contributed by atoms with van der Waals surface area (Å²) >= 11 is 6.05. The molecule has 0 heterocycles. The molecule has 7 heteroatoms. The highest BCUT2D eigenvalue weighted by Gasteiger charge is 2.11. The van der Waals surface area contributed by atoms with Gasteiger partial charge in [-0.05, 0) is 55.8 Å². The molecule has 6 nitrogen and oxygen atoms in total. The maximum atomic E-state index is 12.3. The highest BCUT2D eigenvalue weighted by atomic mass is 35.5. The minimum atomic E-state index is -0.428. The van der Waals surface area contributed by atoms with Crippen molar-refractivity contribution in [1.82, 2.24) is 0 Å². The summed E-state index contributed by atoms with van der Waals surface area (Å²) in [6, 6.07) is 11.4. The molecule has 144 valence electrons. The lowest BCUT2D eigenvalue weighted by molar-refractivity contribution is -0.150. The van der Waals surface area contributed by atoms with Crippen molar-refractivity contribution in [3.05, 3.63) is 53.1 Å². The van der Waals surface area contributed by atoms with Crippen LogP contribution < -0.4 is 14.8 Å².